The summed E-state index contributed by atoms with van der Waals surface area (Å²) in [6.45, 7) is 1.71. The van der Waals surface area contributed by atoms with Crippen molar-refractivity contribution in [3.8, 4) is 0 Å². The lowest BCUT2D eigenvalue weighted by molar-refractivity contribution is -0.115. The highest BCUT2D eigenvalue weighted by Crippen LogP contribution is 2.26. The van der Waals surface area contributed by atoms with Gasteiger partial charge >= 0.3 is 0 Å². The topological polar surface area (TPSA) is 147 Å². The molecule has 0 aliphatic heterocycles. The van der Waals surface area contributed by atoms with Gasteiger partial charge < -0.3 is 16.0 Å². The van der Waals surface area contributed by atoms with E-state index in [1.165, 1.54) is 60.3 Å². The highest BCUT2D eigenvalue weighted by Gasteiger charge is 2.18. The molecule has 220 valence electrons. The van der Waals surface area contributed by atoms with E-state index in [2.05, 4.69) is 16.0 Å². The lowest BCUT2D eigenvalue weighted by Crippen LogP contribution is -2.30. The van der Waals surface area contributed by atoms with Crippen LogP contribution in [0.4, 0.5) is 15.8 Å². The third-order valence-corrected chi connectivity index (χ3v) is 8.02. The van der Waals surface area contributed by atoms with E-state index >= 15 is 0 Å². The Bertz CT molecular complexity index is 1760. The van der Waals surface area contributed by atoms with Crippen LogP contribution in [0.1, 0.15) is 22.8 Å². The summed E-state index contributed by atoms with van der Waals surface area (Å²) in [6, 6.07) is 26.4. The largest absolute Gasteiger partial charge is 0.325 e. The Balaban J connectivity index is 1.41. The van der Waals surface area contributed by atoms with E-state index in [1.54, 1.807) is 67.6 Å². The van der Waals surface area contributed by atoms with Crippen LogP contribution in [0.2, 0.25) is 0 Å². The number of rotatable bonds is 10. The first kappa shape index (κ1) is 31.2. The lowest BCUT2D eigenvalue weighted by atomic mass is 10.1. The molecule has 0 saturated carbocycles. The minimum absolute atomic E-state index is 0.0616. The van der Waals surface area contributed by atoms with Gasteiger partial charge in [-0.25, -0.2) is 17.9 Å². The first-order chi connectivity index (χ1) is 20.5. The lowest BCUT2D eigenvalue weighted by Gasteiger charge is -2.14. The number of nitrogens with one attached hydrogen (secondary N) is 3. The number of thioether (sulfide) groups is 1. The molecule has 12 heteroatoms. The molecule has 9 nitrogen and oxygen atoms in total. The van der Waals surface area contributed by atoms with Crippen molar-refractivity contribution in [2.24, 2.45) is 5.14 Å². The third kappa shape index (κ3) is 8.85. The molecule has 43 heavy (non-hydrogen) atoms. The second-order valence-electron chi connectivity index (χ2n) is 9.20. The Morgan fingerprint density at radius 3 is 2.02 bits per heavy atom. The fourth-order valence-electron chi connectivity index (χ4n) is 3.73. The monoisotopic (exact) mass is 618 g/mol. The zero-order valence-electron chi connectivity index (χ0n) is 22.8. The van der Waals surface area contributed by atoms with E-state index < -0.39 is 32.9 Å². The molecule has 0 saturated heterocycles. The number of amides is 3. The predicted octanol–water partition coefficient (Wildman–Crippen LogP) is 5.00. The summed E-state index contributed by atoms with van der Waals surface area (Å²) >= 11 is 1.27. The average molecular weight is 619 g/mol. The summed E-state index contributed by atoms with van der Waals surface area (Å²) in [7, 11) is -3.83. The number of sulfonamides is 1. The second kappa shape index (κ2) is 13.9. The van der Waals surface area contributed by atoms with Crippen LogP contribution in [0.3, 0.4) is 0 Å². The van der Waals surface area contributed by atoms with E-state index in [0.29, 0.717) is 16.9 Å². The summed E-state index contributed by atoms with van der Waals surface area (Å²) in [5.41, 5.74) is 1.13. The van der Waals surface area contributed by atoms with Crippen molar-refractivity contribution < 1.29 is 27.2 Å². The van der Waals surface area contributed by atoms with Crippen LogP contribution in [-0.4, -0.2) is 31.4 Å². The predicted molar refractivity (Wildman–Crippen MR) is 165 cm³/mol. The van der Waals surface area contributed by atoms with Crippen LogP contribution in [0.25, 0.3) is 6.08 Å². The zero-order valence-corrected chi connectivity index (χ0v) is 24.4. The third-order valence-electron chi connectivity index (χ3n) is 5.98. The molecule has 4 rings (SSSR count). The molecule has 0 spiro atoms. The van der Waals surface area contributed by atoms with Gasteiger partial charge in [0.2, 0.25) is 15.9 Å². The van der Waals surface area contributed by atoms with Gasteiger partial charge in [-0.1, -0.05) is 36.4 Å². The van der Waals surface area contributed by atoms with Crippen molar-refractivity contribution in [2.75, 3.05) is 10.6 Å². The number of hydrogen-bond acceptors (Lipinski definition) is 6. The molecule has 0 aromatic heterocycles. The van der Waals surface area contributed by atoms with Gasteiger partial charge in [-0.05, 0) is 79.7 Å². The number of carbonyl (C=O) groups is 3. The molecular formula is C31H27FN4O5S2. The second-order valence-corrected chi connectivity index (χ2v) is 12.2. The van der Waals surface area contributed by atoms with Crippen molar-refractivity contribution in [1.29, 1.82) is 0 Å². The van der Waals surface area contributed by atoms with Crippen LogP contribution >= 0.6 is 11.8 Å². The van der Waals surface area contributed by atoms with Gasteiger partial charge in [0.1, 0.15) is 11.5 Å². The molecular weight excluding hydrogens is 591 g/mol. The molecule has 0 aliphatic rings. The summed E-state index contributed by atoms with van der Waals surface area (Å²) in [5.74, 6) is -2.04. The fourth-order valence-corrected chi connectivity index (χ4v) is 5.12. The molecule has 3 amide bonds. The van der Waals surface area contributed by atoms with Gasteiger partial charge in [-0.3, -0.25) is 14.4 Å². The van der Waals surface area contributed by atoms with Gasteiger partial charge in [0.05, 0.1) is 10.1 Å². The maximum atomic E-state index is 14.3. The molecule has 0 heterocycles. The standard InChI is InChI=1S/C31H27FN4O5S2/c1-20(29(37)34-24-13-17-26(18-14-24)43(33,40)41)42-25-15-11-23(12-16-25)35-31(39)28(19-22-9-5-6-10-27(22)32)36-30(38)21-7-3-2-4-8-21/h2-20H,1H3,(H,34,37)(H,35,39)(H,36,38)(H2,33,40,41)/b28-19-. The van der Waals surface area contributed by atoms with Crippen LogP contribution < -0.4 is 21.1 Å². The highest BCUT2D eigenvalue weighted by atomic mass is 32.2. The molecule has 5 N–H and O–H groups in total. The summed E-state index contributed by atoms with van der Waals surface area (Å²) in [4.78, 5) is 39.3. The van der Waals surface area contributed by atoms with Crippen LogP contribution in [0, 0.1) is 5.82 Å². The number of carbonyl (C=O) groups excluding carboxylic acids is 3. The molecule has 0 fully saturated rings. The number of primary sulfonamides is 1. The number of nitrogens with two attached hydrogens (primary N) is 1. The van der Waals surface area contributed by atoms with Crippen molar-refractivity contribution >= 4 is 57.0 Å². The maximum Gasteiger partial charge on any atom is 0.272 e. The smallest absolute Gasteiger partial charge is 0.272 e. The van der Waals surface area contributed by atoms with Gasteiger partial charge in [-0.2, -0.15) is 0 Å². The molecule has 0 radical (unpaired) electrons. The van der Waals surface area contributed by atoms with Crippen molar-refractivity contribution in [3.05, 3.63) is 126 Å². The van der Waals surface area contributed by atoms with Gasteiger partial charge in [0.25, 0.3) is 11.8 Å². The Hall–Kier alpha value is -4.78. The van der Waals surface area contributed by atoms with Gasteiger partial charge in [0, 0.05) is 27.4 Å². The molecule has 0 bridgehead atoms. The number of halogens is 1. The fraction of sp³-hybridized carbons (Fsp3) is 0.0645. The van der Waals surface area contributed by atoms with Gasteiger partial charge in [0.15, 0.2) is 0 Å². The van der Waals surface area contributed by atoms with Crippen LogP contribution in [0.5, 0.6) is 0 Å². The number of anilines is 2. The average Bonchev–Trinajstić information content (AvgIpc) is 2.99. The Kier molecular flexibility index (Phi) is 10.1. The SMILES string of the molecule is CC(Sc1ccc(NC(=O)/C(=C/c2ccccc2F)NC(=O)c2ccccc2)cc1)C(=O)Nc1ccc(S(N)(=O)=O)cc1. The van der Waals surface area contributed by atoms with Crippen molar-refractivity contribution in [2.45, 2.75) is 22.0 Å². The maximum absolute atomic E-state index is 14.3. The van der Waals surface area contributed by atoms with Crippen molar-refractivity contribution in [1.82, 2.24) is 5.32 Å². The highest BCUT2D eigenvalue weighted by molar-refractivity contribution is 8.00. The molecule has 0 aliphatic carbocycles. The van der Waals surface area contributed by atoms with E-state index in [0.717, 1.165) is 4.90 Å². The zero-order chi connectivity index (χ0) is 31.0. The van der Waals surface area contributed by atoms with Gasteiger partial charge in [-0.15, -0.1) is 11.8 Å². The van der Waals surface area contributed by atoms with E-state index in [4.69, 9.17) is 5.14 Å². The van der Waals surface area contributed by atoms with Crippen molar-refractivity contribution in [3.63, 3.8) is 0 Å². The molecule has 1 unspecified atom stereocenters. The van der Waals surface area contributed by atoms with E-state index in [1.807, 2.05) is 0 Å². The number of benzene rings is 4. The van der Waals surface area contributed by atoms with E-state index in [-0.39, 0.29) is 22.1 Å². The molecule has 1 atom stereocenters. The summed E-state index contributed by atoms with van der Waals surface area (Å²) in [5, 5.41) is 12.6. The summed E-state index contributed by atoms with van der Waals surface area (Å²) < 4.78 is 37.2. The summed E-state index contributed by atoms with van der Waals surface area (Å²) in [6.07, 6.45) is 1.26. The normalized spacial score (nSPS) is 12.2. The Morgan fingerprint density at radius 1 is 0.814 bits per heavy atom. The Morgan fingerprint density at radius 2 is 1.40 bits per heavy atom. The first-order valence-electron chi connectivity index (χ1n) is 12.8. The molecule has 4 aromatic rings. The minimum atomic E-state index is -3.83. The van der Waals surface area contributed by atoms with Crippen LogP contribution in [-0.2, 0) is 19.6 Å². The van der Waals surface area contributed by atoms with E-state index in [9.17, 15) is 27.2 Å². The molecule has 4 aromatic carbocycles. The number of hydrogen-bond donors (Lipinski definition) is 4. The first-order valence-corrected chi connectivity index (χ1v) is 15.3. The Labute approximate surface area is 252 Å². The quantitative estimate of drug-likeness (QED) is 0.145. The minimum Gasteiger partial charge on any atom is -0.325 e. The van der Waals surface area contributed by atoms with Crippen LogP contribution in [0.15, 0.2) is 119 Å².